The van der Waals surface area contributed by atoms with Crippen LogP contribution < -0.4 is 0 Å². The van der Waals surface area contributed by atoms with E-state index in [1.807, 2.05) is 0 Å². The lowest BCUT2D eigenvalue weighted by atomic mass is 9.97. The van der Waals surface area contributed by atoms with Gasteiger partial charge in [-0.2, -0.15) is 0 Å². The lowest BCUT2D eigenvalue weighted by Crippen LogP contribution is -2.52. The van der Waals surface area contributed by atoms with Crippen LogP contribution in [0.1, 0.15) is 64.2 Å². The zero-order valence-corrected chi connectivity index (χ0v) is 13.3. The highest BCUT2D eigenvalue weighted by Gasteiger charge is 2.57. The summed E-state index contributed by atoms with van der Waals surface area (Å²) >= 11 is 0. The average molecular weight is 324 g/mol. The van der Waals surface area contributed by atoms with Crippen molar-refractivity contribution in [2.45, 2.75) is 82.2 Å². The molecule has 0 saturated heterocycles. The van der Waals surface area contributed by atoms with Crippen molar-refractivity contribution in [1.29, 1.82) is 0 Å². The van der Waals surface area contributed by atoms with Crippen molar-refractivity contribution >= 4 is 11.9 Å². The van der Waals surface area contributed by atoms with E-state index < -0.39 is 17.7 Å². The molecule has 23 heavy (non-hydrogen) atoms. The number of hydrogen-bond acceptors (Lipinski definition) is 6. The zero-order valence-electron chi connectivity index (χ0n) is 13.3. The quantitative estimate of drug-likeness (QED) is 0.585. The van der Waals surface area contributed by atoms with Gasteiger partial charge in [-0.3, -0.25) is 0 Å². The minimum atomic E-state index is -2.12. The van der Waals surface area contributed by atoms with Crippen LogP contribution >= 0.6 is 0 Å². The molecule has 0 atom stereocenters. The molecule has 6 nitrogen and oxygen atoms in total. The molecule has 0 aromatic rings. The second-order valence-corrected chi connectivity index (χ2v) is 6.46. The summed E-state index contributed by atoms with van der Waals surface area (Å²) in [4.78, 5) is 25.0. The van der Waals surface area contributed by atoms with Crippen molar-refractivity contribution in [3.63, 3.8) is 0 Å². The Labute approximate surface area is 136 Å². The smallest absolute Gasteiger partial charge is 0.452 e. The molecule has 0 spiro atoms. The van der Waals surface area contributed by atoms with Crippen molar-refractivity contribution in [2.75, 3.05) is 0 Å². The summed E-state index contributed by atoms with van der Waals surface area (Å²) in [6, 6.07) is 0. The first-order valence-electron chi connectivity index (χ1n) is 8.63. The van der Waals surface area contributed by atoms with Gasteiger partial charge >= 0.3 is 17.7 Å². The molecule has 0 bridgehead atoms. The molecular formula is C17H24O6. The first-order valence-corrected chi connectivity index (χ1v) is 8.63. The van der Waals surface area contributed by atoms with E-state index in [0.717, 1.165) is 64.2 Å². The molecule has 3 rings (SSSR count). The number of rotatable bonds is 4. The SMILES string of the molecule is O=C(OC1CCCCC1)C1(C(=O)OC2CCCCC2)OC=CO1. The maximum Gasteiger partial charge on any atom is 0.452 e. The molecule has 0 radical (unpaired) electrons. The predicted octanol–water partition coefficient (Wildman–Crippen LogP) is 2.95. The van der Waals surface area contributed by atoms with E-state index in [1.54, 1.807) is 0 Å². The maximum atomic E-state index is 12.5. The Kier molecular flexibility index (Phi) is 5.08. The molecule has 0 aromatic heterocycles. The number of ether oxygens (including phenoxy) is 4. The van der Waals surface area contributed by atoms with Gasteiger partial charge in [0.05, 0.1) is 0 Å². The van der Waals surface area contributed by atoms with Gasteiger partial charge in [0.15, 0.2) is 0 Å². The minimum absolute atomic E-state index is 0.177. The molecule has 2 saturated carbocycles. The van der Waals surface area contributed by atoms with Gasteiger partial charge in [-0.1, -0.05) is 12.8 Å². The number of hydrogen-bond donors (Lipinski definition) is 0. The van der Waals surface area contributed by atoms with E-state index in [9.17, 15) is 9.59 Å². The van der Waals surface area contributed by atoms with Crippen molar-refractivity contribution < 1.29 is 28.5 Å². The lowest BCUT2D eigenvalue weighted by Gasteiger charge is -2.29. The molecule has 0 N–H and O–H groups in total. The van der Waals surface area contributed by atoms with E-state index in [2.05, 4.69) is 0 Å². The molecular weight excluding hydrogens is 300 g/mol. The Bertz CT molecular complexity index is 418. The van der Waals surface area contributed by atoms with Crippen LogP contribution in [0, 0.1) is 0 Å². The van der Waals surface area contributed by atoms with E-state index >= 15 is 0 Å². The molecule has 2 aliphatic carbocycles. The van der Waals surface area contributed by atoms with Gasteiger partial charge in [0.1, 0.15) is 24.7 Å². The molecule has 0 amide bonds. The van der Waals surface area contributed by atoms with Gasteiger partial charge in [-0.05, 0) is 51.4 Å². The molecule has 6 heteroatoms. The average Bonchev–Trinajstić information content (AvgIpc) is 3.08. The van der Waals surface area contributed by atoms with Crippen LogP contribution in [-0.4, -0.2) is 29.9 Å². The third-order valence-electron chi connectivity index (χ3n) is 4.71. The van der Waals surface area contributed by atoms with Gasteiger partial charge in [0.25, 0.3) is 0 Å². The van der Waals surface area contributed by atoms with Gasteiger partial charge in [0.2, 0.25) is 0 Å². The summed E-state index contributed by atoms with van der Waals surface area (Å²) in [6.45, 7) is 0. The summed E-state index contributed by atoms with van der Waals surface area (Å²) in [6.07, 6.45) is 11.7. The van der Waals surface area contributed by atoms with Gasteiger partial charge in [0, 0.05) is 0 Å². The number of esters is 2. The lowest BCUT2D eigenvalue weighted by molar-refractivity contribution is -0.224. The Morgan fingerprint density at radius 3 is 1.52 bits per heavy atom. The van der Waals surface area contributed by atoms with E-state index in [1.165, 1.54) is 12.5 Å². The largest absolute Gasteiger partial charge is 0.456 e. The van der Waals surface area contributed by atoms with Gasteiger partial charge in [-0.25, -0.2) is 9.59 Å². The highest BCUT2D eigenvalue weighted by atomic mass is 16.8. The Hall–Kier alpha value is -1.72. The third-order valence-corrected chi connectivity index (χ3v) is 4.71. The fraction of sp³-hybridized carbons (Fsp3) is 0.765. The van der Waals surface area contributed by atoms with E-state index in [4.69, 9.17) is 18.9 Å². The van der Waals surface area contributed by atoms with Gasteiger partial charge in [-0.15, -0.1) is 0 Å². The number of carbonyl (C=O) groups excluding carboxylic acids is 2. The van der Waals surface area contributed by atoms with Crippen LogP contribution in [0.25, 0.3) is 0 Å². The van der Waals surface area contributed by atoms with Crippen LogP contribution in [0.15, 0.2) is 12.5 Å². The van der Waals surface area contributed by atoms with E-state index in [-0.39, 0.29) is 12.2 Å². The maximum absolute atomic E-state index is 12.5. The second kappa shape index (κ2) is 7.23. The topological polar surface area (TPSA) is 71.1 Å². The summed E-state index contributed by atoms with van der Waals surface area (Å²) in [5.74, 6) is -3.74. The molecule has 3 aliphatic rings. The Morgan fingerprint density at radius 2 is 1.13 bits per heavy atom. The van der Waals surface area contributed by atoms with Crippen molar-refractivity contribution in [3.05, 3.63) is 12.5 Å². The minimum Gasteiger partial charge on any atom is -0.456 e. The van der Waals surface area contributed by atoms with E-state index in [0.29, 0.717) is 0 Å². The van der Waals surface area contributed by atoms with Crippen molar-refractivity contribution in [3.8, 4) is 0 Å². The first-order chi connectivity index (χ1) is 11.2. The Balaban J connectivity index is 1.63. The normalized spacial score (nSPS) is 24.5. The van der Waals surface area contributed by atoms with Crippen LogP contribution in [0.2, 0.25) is 0 Å². The highest BCUT2D eigenvalue weighted by molar-refractivity contribution is 6.02. The molecule has 0 aromatic carbocycles. The van der Waals surface area contributed by atoms with Crippen LogP contribution in [0.3, 0.4) is 0 Å². The molecule has 2 fully saturated rings. The molecule has 1 heterocycles. The molecule has 0 unspecified atom stereocenters. The summed E-state index contributed by atoms with van der Waals surface area (Å²) < 4.78 is 21.3. The summed E-state index contributed by atoms with van der Waals surface area (Å²) in [5.41, 5.74) is 0. The van der Waals surface area contributed by atoms with Crippen LogP contribution in [0.5, 0.6) is 0 Å². The van der Waals surface area contributed by atoms with Crippen LogP contribution in [0.4, 0.5) is 0 Å². The Morgan fingerprint density at radius 1 is 0.739 bits per heavy atom. The molecule has 128 valence electrons. The predicted molar refractivity (Wildman–Crippen MR) is 80.0 cm³/mol. The molecule has 1 aliphatic heterocycles. The standard InChI is InChI=1S/C17H24O6/c18-15(22-13-7-3-1-4-8-13)17(20-11-12-21-17)16(19)23-14-9-5-2-6-10-14/h11-14H,1-10H2. The first kappa shape index (κ1) is 16.1. The fourth-order valence-corrected chi connectivity index (χ4v) is 3.37. The van der Waals surface area contributed by atoms with Crippen LogP contribution in [-0.2, 0) is 28.5 Å². The third kappa shape index (κ3) is 3.62. The summed E-state index contributed by atoms with van der Waals surface area (Å²) in [7, 11) is 0. The monoisotopic (exact) mass is 324 g/mol. The highest BCUT2D eigenvalue weighted by Crippen LogP contribution is 2.30. The fourth-order valence-electron chi connectivity index (χ4n) is 3.37. The summed E-state index contributed by atoms with van der Waals surface area (Å²) in [5, 5.41) is 0. The van der Waals surface area contributed by atoms with Gasteiger partial charge < -0.3 is 18.9 Å². The second-order valence-electron chi connectivity index (χ2n) is 6.46. The van der Waals surface area contributed by atoms with Crippen molar-refractivity contribution in [2.24, 2.45) is 0 Å². The van der Waals surface area contributed by atoms with Crippen molar-refractivity contribution in [1.82, 2.24) is 0 Å². The zero-order chi connectivity index (χ0) is 16.1. The number of carbonyl (C=O) groups is 2.